The van der Waals surface area contributed by atoms with Crippen LogP contribution in [-0.4, -0.2) is 35.5 Å². The lowest BCUT2D eigenvalue weighted by Gasteiger charge is -2.32. The van der Waals surface area contributed by atoms with E-state index in [1.807, 2.05) is 0 Å². The van der Waals surface area contributed by atoms with Gasteiger partial charge in [-0.25, -0.2) is 14.4 Å². The summed E-state index contributed by atoms with van der Waals surface area (Å²) in [6, 6.07) is 6.29. The lowest BCUT2D eigenvalue weighted by atomic mass is 9.97. The molecule has 1 aliphatic rings. The average molecular weight is 370 g/mol. The summed E-state index contributed by atoms with van der Waals surface area (Å²) >= 11 is 0. The first-order valence-corrected chi connectivity index (χ1v) is 9.78. The van der Waals surface area contributed by atoms with Crippen molar-refractivity contribution >= 4 is 11.9 Å². The Morgan fingerprint density at radius 2 is 1.93 bits per heavy atom. The lowest BCUT2D eigenvalue weighted by Crippen LogP contribution is -2.43. The molecule has 0 spiro atoms. The highest BCUT2D eigenvalue weighted by molar-refractivity contribution is 5.79. The van der Waals surface area contributed by atoms with Crippen LogP contribution in [0.4, 0.5) is 10.3 Å². The summed E-state index contributed by atoms with van der Waals surface area (Å²) in [6.07, 6.45) is 8.70. The van der Waals surface area contributed by atoms with Crippen molar-refractivity contribution in [2.45, 2.75) is 39.0 Å². The predicted octanol–water partition coefficient (Wildman–Crippen LogP) is 3.81. The molecular weight excluding hydrogens is 343 g/mol. The third kappa shape index (κ3) is 5.25. The molecule has 144 valence electrons. The van der Waals surface area contributed by atoms with Gasteiger partial charge in [-0.2, -0.15) is 0 Å². The van der Waals surface area contributed by atoms with E-state index in [-0.39, 0.29) is 17.6 Å². The van der Waals surface area contributed by atoms with Crippen LogP contribution in [-0.2, 0) is 4.79 Å². The number of rotatable bonds is 7. The second kappa shape index (κ2) is 9.44. The van der Waals surface area contributed by atoms with E-state index < -0.39 is 0 Å². The number of anilines is 1. The minimum Gasteiger partial charge on any atom is -0.356 e. The van der Waals surface area contributed by atoms with E-state index >= 15 is 0 Å². The molecule has 5 nitrogen and oxygen atoms in total. The van der Waals surface area contributed by atoms with E-state index in [0.717, 1.165) is 56.3 Å². The molecule has 6 heteroatoms. The zero-order valence-electron chi connectivity index (χ0n) is 15.8. The molecule has 1 atom stereocenters. The fourth-order valence-electron chi connectivity index (χ4n) is 3.38. The predicted molar refractivity (Wildman–Crippen MR) is 105 cm³/mol. The highest BCUT2D eigenvalue weighted by Crippen LogP contribution is 2.23. The standard InChI is InChI=1S/C21H27FN4O/c1-2-3-4-11-23-20(27)17-6-5-12-26(15-17)21-24-13-18(14-25-21)16-7-9-19(22)10-8-16/h7-10,13-14,17H,2-6,11-12,15H2,1H3,(H,23,27)/t17-/m1/s1. The van der Waals surface area contributed by atoms with Crippen molar-refractivity contribution in [2.75, 3.05) is 24.5 Å². The molecule has 0 aliphatic carbocycles. The van der Waals surface area contributed by atoms with Crippen molar-refractivity contribution in [3.8, 4) is 11.1 Å². The fraction of sp³-hybridized carbons (Fsp3) is 0.476. The smallest absolute Gasteiger partial charge is 0.225 e. The number of piperidine rings is 1. The number of halogens is 1. The maximum atomic E-state index is 13.1. The van der Waals surface area contributed by atoms with Crippen LogP contribution in [0.2, 0.25) is 0 Å². The molecule has 2 heterocycles. The Morgan fingerprint density at radius 1 is 1.19 bits per heavy atom. The quantitative estimate of drug-likeness (QED) is 0.753. The van der Waals surface area contributed by atoms with Gasteiger partial charge in [-0.15, -0.1) is 0 Å². The Morgan fingerprint density at radius 3 is 2.63 bits per heavy atom. The van der Waals surface area contributed by atoms with Gasteiger partial charge in [0.25, 0.3) is 0 Å². The summed E-state index contributed by atoms with van der Waals surface area (Å²) in [5, 5.41) is 3.06. The van der Waals surface area contributed by atoms with Crippen LogP contribution in [0.15, 0.2) is 36.7 Å². The molecule has 1 aromatic heterocycles. The van der Waals surface area contributed by atoms with Gasteiger partial charge in [0.1, 0.15) is 5.82 Å². The molecule has 1 saturated heterocycles. The molecule has 1 aromatic carbocycles. The van der Waals surface area contributed by atoms with Gasteiger partial charge in [0.2, 0.25) is 11.9 Å². The lowest BCUT2D eigenvalue weighted by molar-refractivity contribution is -0.125. The van der Waals surface area contributed by atoms with Crippen LogP contribution >= 0.6 is 0 Å². The van der Waals surface area contributed by atoms with Crippen LogP contribution in [0.25, 0.3) is 11.1 Å². The summed E-state index contributed by atoms with van der Waals surface area (Å²) < 4.78 is 13.1. The van der Waals surface area contributed by atoms with Crippen LogP contribution in [0.1, 0.15) is 39.0 Å². The van der Waals surface area contributed by atoms with Gasteiger partial charge in [-0.1, -0.05) is 31.9 Å². The topological polar surface area (TPSA) is 58.1 Å². The van der Waals surface area contributed by atoms with Gasteiger partial charge in [-0.05, 0) is 37.0 Å². The monoisotopic (exact) mass is 370 g/mol. The van der Waals surface area contributed by atoms with Gasteiger partial charge >= 0.3 is 0 Å². The number of nitrogens with one attached hydrogen (secondary N) is 1. The van der Waals surface area contributed by atoms with E-state index in [1.54, 1.807) is 24.5 Å². The van der Waals surface area contributed by atoms with Gasteiger partial charge in [0, 0.05) is 37.6 Å². The normalized spacial score (nSPS) is 17.0. The van der Waals surface area contributed by atoms with Gasteiger partial charge in [-0.3, -0.25) is 4.79 Å². The highest BCUT2D eigenvalue weighted by Gasteiger charge is 2.26. The molecule has 0 saturated carbocycles. The molecule has 3 rings (SSSR count). The average Bonchev–Trinajstić information content (AvgIpc) is 2.72. The molecule has 27 heavy (non-hydrogen) atoms. The molecule has 0 radical (unpaired) electrons. The van der Waals surface area contributed by atoms with Crippen molar-refractivity contribution in [3.63, 3.8) is 0 Å². The van der Waals surface area contributed by atoms with E-state index in [9.17, 15) is 9.18 Å². The van der Waals surface area contributed by atoms with E-state index in [2.05, 4.69) is 27.1 Å². The highest BCUT2D eigenvalue weighted by atomic mass is 19.1. The van der Waals surface area contributed by atoms with E-state index in [1.165, 1.54) is 12.1 Å². The zero-order chi connectivity index (χ0) is 19.1. The second-order valence-electron chi connectivity index (χ2n) is 7.06. The Labute approximate surface area is 160 Å². The van der Waals surface area contributed by atoms with Crippen molar-refractivity contribution in [3.05, 3.63) is 42.5 Å². The molecule has 1 amide bonds. The number of benzene rings is 1. The number of carbonyl (C=O) groups is 1. The Balaban J connectivity index is 1.59. The first-order valence-electron chi connectivity index (χ1n) is 9.78. The van der Waals surface area contributed by atoms with Crippen LogP contribution in [0, 0.1) is 11.7 Å². The van der Waals surface area contributed by atoms with Crippen LogP contribution < -0.4 is 10.2 Å². The van der Waals surface area contributed by atoms with Crippen LogP contribution in [0.3, 0.4) is 0 Å². The largest absolute Gasteiger partial charge is 0.356 e. The summed E-state index contributed by atoms with van der Waals surface area (Å²) in [4.78, 5) is 23.4. The molecule has 0 unspecified atom stereocenters. The summed E-state index contributed by atoms with van der Waals surface area (Å²) in [6.45, 7) is 4.42. The molecule has 1 fully saturated rings. The maximum Gasteiger partial charge on any atom is 0.225 e. The molecule has 2 aromatic rings. The zero-order valence-corrected chi connectivity index (χ0v) is 15.8. The summed E-state index contributed by atoms with van der Waals surface area (Å²) in [5.74, 6) is 0.507. The van der Waals surface area contributed by atoms with Crippen molar-refractivity contribution < 1.29 is 9.18 Å². The molecular formula is C21H27FN4O. The Bertz CT molecular complexity index is 733. The first-order chi connectivity index (χ1) is 13.2. The maximum absolute atomic E-state index is 13.1. The fourth-order valence-corrected chi connectivity index (χ4v) is 3.38. The third-order valence-electron chi connectivity index (χ3n) is 4.97. The Hall–Kier alpha value is -2.50. The van der Waals surface area contributed by atoms with Crippen molar-refractivity contribution in [1.82, 2.24) is 15.3 Å². The van der Waals surface area contributed by atoms with Crippen molar-refractivity contribution in [2.24, 2.45) is 5.92 Å². The van der Waals surface area contributed by atoms with Gasteiger partial charge in [0.05, 0.1) is 5.92 Å². The summed E-state index contributed by atoms with van der Waals surface area (Å²) in [7, 11) is 0. The Kier molecular flexibility index (Phi) is 6.74. The number of amides is 1. The number of unbranched alkanes of at least 4 members (excludes halogenated alkanes) is 2. The minimum absolute atomic E-state index is 0.0132. The summed E-state index contributed by atoms with van der Waals surface area (Å²) in [5.41, 5.74) is 1.73. The first kappa shape index (κ1) is 19.3. The van der Waals surface area contributed by atoms with Gasteiger partial charge in [0.15, 0.2) is 0 Å². The number of carbonyl (C=O) groups excluding carboxylic acids is 1. The van der Waals surface area contributed by atoms with Crippen LogP contribution in [0.5, 0.6) is 0 Å². The minimum atomic E-state index is -0.261. The number of aromatic nitrogens is 2. The van der Waals surface area contributed by atoms with Gasteiger partial charge < -0.3 is 10.2 Å². The third-order valence-corrected chi connectivity index (χ3v) is 4.97. The number of hydrogen-bond acceptors (Lipinski definition) is 4. The van der Waals surface area contributed by atoms with Crippen molar-refractivity contribution in [1.29, 1.82) is 0 Å². The number of hydrogen-bond donors (Lipinski definition) is 1. The number of nitrogens with zero attached hydrogens (tertiary/aromatic N) is 3. The second-order valence-corrected chi connectivity index (χ2v) is 7.06. The van der Waals surface area contributed by atoms with E-state index in [4.69, 9.17) is 0 Å². The SMILES string of the molecule is CCCCCNC(=O)[C@@H]1CCCN(c2ncc(-c3ccc(F)cc3)cn2)C1. The molecule has 1 aliphatic heterocycles. The molecule has 0 bridgehead atoms. The van der Waals surface area contributed by atoms with E-state index in [0.29, 0.717) is 12.5 Å². The molecule has 1 N–H and O–H groups in total.